The highest BCUT2D eigenvalue weighted by atomic mass is 19.4. The summed E-state index contributed by atoms with van der Waals surface area (Å²) in [6.07, 6.45) is -4.51. The number of halogens is 3. The number of amides is 1. The first-order valence-electron chi connectivity index (χ1n) is 8.04. The highest BCUT2D eigenvalue weighted by Gasteiger charge is 2.32. The molecular weight excluding hydrogens is 365 g/mol. The van der Waals surface area contributed by atoms with Crippen LogP contribution in [0.5, 0.6) is 0 Å². The first-order chi connectivity index (χ1) is 12.7. The zero-order valence-electron chi connectivity index (χ0n) is 14.0. The van der Waals surface area contributed by atoms with Crippen LogP contribution in [0.1, 0.15) is 34.5 Å². The summed E-state index contributed by atoms with van der Waals surface area (Å²) in [5, 5.41) is 11.4. The van der Waals surface area contributed by atoms with E-state index in [1.165, 1.54) is 0 Å². The Morgan fingerprint density at radius 3 is 2.33 bits per heavy atom. The van der Waals surface area contributed by atoms with E-state index in [2.05, 4.69) is 5.32 Å². The van der Waals surface area contributed by atoms with E-state index in [9.17, 15) is 27.6 Å². The Hall–Kier alpha value is -3.10. The number of carbonyl (C=O) groups is 2. The molecule has 27 heavy (non-hydrogen) atoms. The molecule has 2 aromatic rings. The van der Waals surface area contributed by atoms with Gasteiger partial charge in [-0.1, -0.05) is 30.3 Å². The minimum Gasteiger partial charge on any atom is -0.481 e. The molecule has 0 aliphatic carbocycles. The molecule has 6 nitrogen and oxygen atoms in total. The molecule has 1 aromatic heterocycles. The van der Waals surface area contributed by atoms with Crippen LogP contribution in [0.3, 0.4) is 0 Å². The number of rotatable bonds is 7. The van der Waals surface area contributed by atoms with Crippen LogP contribution in [0.2, 0.25) is 0 Å². The molecular formula is C18H17F3N2O4. The first kappa shape index (κ1) is 20.2. The van der Waals surface area contributed by atoms with Crippen LogP contribution in [-0.2, 0) is 17.4 Å². The molecule has 0 spiro atoms. The fourth-order valence-corrected chi connectivity index (χ4v) is 2.50. The number of carboxylic acids is 1. The smallest absolute Gasteiger partial charge is 0.431 e. The number of aromatic nitrogens is 1. The summed E-state index contributed by atoms with van der Waals surface area (Å²) in [6, 6.07) is 9.77. The average molecular weight is 382 g/mol. The van der Waals surface area contributed by atoms with Gasteiger partial charge in [-0.05, 0) is 30.5 Å². The predicted octanol–water partition coefficient (Wildman–Crippen LogP) is 2.60. The molecule has 0 bridgehead atoms. The fraction of sp³-hybridized carbons (Fsp3) is 0.278. The Morgan fingerprint density at radius 1 is 1.11 bits per heavy atom. The topological polar surface area (TPSA) is 99.3 Å². The Bertz CT molecular complexity index is 863. The van der Waals surface area contributed by atoms with Gasteiger partial charge in [0.1, 0.15) is 11.3 Å². The molecule has 1 aromatic carbocycles. The quantitative estimate of drug-likeness (QED) is 0.685. The third kappa shape index (κ3) is 5.98. The number of hydrogen-bond donors (Lipinski definition) is 3. The Balaban J connectivity index is 2.17. The van der Waals surface area contributed by atoms with Crippen LogP contribution < -0.4 is 10.9 Å². The lowest BCUT2D eigenvalue weighted by Crippen LogP contribution is -2.39. The van der Waals surface area contributed by atoms with Crippen LogP contribution in [0.25, 0.3) is 0 Å². The van der Waals surface area contributed by atoms with Crippen molar-refractivity contribution in [3.63, 3.8) is 0 Å². The van der Waals surface area contributed by atoms with Crippen molar-refractivity contribution in [2.75, 3.05) is 0 Å². The fourth-order valence-electron chi connectivity index (χ4n) is 2.50. The van der Waals surface area contributed by atoms with Gasteiger partial charge >= 0.3 is 12.1 Å². The summed E-state index contributed by atoms with van der Waals surface area (Å²) in [6.45, 7) is 0. The largest absolute Gasteiger partial charge is 0.481 e. The number of carboxylic acid groups (broad SMARTS) is 1. The van der Waals surface area contributed by atoms with E-state index < -0.39 is 40.9 Å². The third-order valence-electron chi connectivity index (χ3n) is 3.83. The van der Waals surface area contributed by atoms with Gasteiger partial charge in [-0.3, -0.25) is 14.4 Å². The number of benzene rings is 1. The summed E-state index contributed by atoms with van der Waals surface area (Å²) in [4.78, 5) is 36.6. The average Bonchev–Trinajstić information content (AvgIpc) is 2.59. The Morgan fingerprint density at radius 2 is 1.78 bits per heavy atom. The van der Waals surface area contributed by atoms with Gasteiger partial charge in [0.15, 0.2) is 0 Å². The maximum Gasteiger partial charge on any atom is 0.431 e. The number of pyridine rings is 1. The van der Waals surface area contributed by atoms with E-state index in [4.69, 9.17) is 5.11 Å². The van der Waals surface area contributed by atoms with Crippen molar-refractivity contribution < 1.29 is 27.9 Å². The molecule has 0 radical (unpaired) electrons. The molecule has 1 heterocycles. The molecule has 1 atom stereocenters. The second kappa shape index (κ2) is 8.52. The normalized spacial score (nSPS) is 12.4. The molecule has 9 heteroatoms. The van der Waals surface area contributed by atoms with Gasteiger partial charge in [0, 0.05) is 12.5 Å². The first-order valence-corrected chi connectivity index (χ1v) is 8.04. The summed E-state index contributed by atoms with van der Waals surface area (Å²) >= 11 is 0. The summed E-state index contributed by atoms with van der Waals surface area (Å²) in [5.41, 5.74) is -2.05. The van der Waals surface area contributed by atoms with Crippen molar-refractivity contribution in [1.29, 1.82) is 0 Å². The van der Waals surface area contributed by atoms with Gasteiger partial charge in [-0.25, -0.2) is 0 Å². The highest BCUT2D eigenvalue weighted by molar-refractivity contribution is 5.94. The maximum atomic E-state index is 12.6. The van der Waals surface area contributed by atoms with Crippen molar-refractivity contribution in [1.82, 2.24) is 10.3 Å². The zero-order valence-corrected chi connectivity index (χ0v) is 14.0. The van der Waals surface area contributed by atoms with Crippen LogP contribution in [0.4, 0.5) is 13.2 Å². The predicted molar refractivity (Wildman–Crippen MR) is 90.3 cm³/mol. The monoisotopic (exact) mass is 382 g/mol. The second-order valence-corrected chi connectivity index (χ2v) is 5.91. The van der Waals surface area contributed by atoms with Crippen molar-refractivity contribution in [2.45, 2.75) is 31.5 Å². The van der Waals surface area contributed by atoms with E-state index in [1.807, 2.05) is 0 Å². The second-order valence-electron chi connectivity index (χ2n) is 5.91. The molecule has 0 aliphatic rings. The Kier molecular flexibility index (Phi) is 6.38. The number of carbonyl (C=O) groups excluding carboxylic acids is 1. The molecule has 3 N–H and O–H groups in total. The minimum atomic E-state index is -4.73. The van der Waals surface area contributed by atoms with Crippen molar-refractivity contribution in [3.8, 4) is 0 Å². The third-order valence-corrected chi connectivity index (χ3v) is 3.83. The van der Waals surface area contributed by atoms with Gasteiger partial charge in [-0.2, -0.15) is 13.2 Å². The van der Waals surface area contributed by atoms with Crippen molar-refractivity contribution in [2.24, 2.45) is 0 Å². The van der Waals surface area contributed by atoms with Crippen molar-refractivity contribution >= 4 is 11.9 Å². The molecule has 1 amide bonds. The molecule has 2 rings (SSSR count). The van der Waals surface area contributed by atoms with Gasteiger partial charge in [0.25, 0.3) is 11.5 Å². The minimum absolute atomic E-state index is 0.106. The number of hydrogen-bond acceptors (Lipinski definition) is 3. The summed E-state index contributed by atoms with van der Waals surface area (Å²) in [5.74, 6) is -1.91. The molecule has 1 unspecified atom stereocenters. The molecule has 0 aliphatic heterocycles. The van der Waals surface area contributed by atoms with Crippen LogP contribution in [0.15, 0.2) is 47.3 Å². The van der Waals surface area contributed by atoms with Gasteiger partial charge in [-0.15, -0.1) is 0 Å². The standard InChI is InChI=1S/C18H17F3N2O4/c19-18(20,21)14-8-7-13(17(27)23-14)16(26)22-12(6-9-15(24)25)10-11-4-2-1-3-5-11/h1-5,7-8,12H,6,9-10H2,(H,22,26)(H,23,27)(H,24,25). The zero-order chi connectivity index (χ0) is 20.0. The summed E-state index contributed by atoms with van der Waals surface area (Å²) < 4.78 is 37.8. The van der Waals surface area contributed by atoms with E-state index in [0.717, 1.165) is 11.6 Å². The number of aromatic amines is 1. The number of nitrogens with one attached hydrogen (secondary N) is 2. The number of H-pyrrole nitrogens is 1. The maximum absolute atomic E-state index is 12.6. The molecule has 0 saturated heterocycles. The van der Waals surface area contributed by atoms with Crippen LogP contribution in [-0.4, -0.2) is 28.0 Å². The van der Waals surface area contributed by atoms with Crippen LogP contribution >= 0.6 is 0 Å². The molecule has 144 valence electrons. The lowest BCUT2D eigenvalue weighted by molar-refractivity contribution is -0.141. The number of aliphatic carboxylic acids is 1. The number of alkyl halides is 3. The van der Waals surface area contributed by atoms with Crippen molar-refractivity contribution in [3.05, 3.63) is 69.6 Å². The van der Waals surface area contributed by atoms with E-state index in [-0.39, 0.29) is 12.8 Å². The van der Waals surface area contributed by atoms with E-state index in [0.29, 0.717) is 12.5 Å². The lowest BCUT2D eigenvalue weighted by atomic mass is 10.0. The SMILES string of the molecule is O=C(O)CCC(Cc1ccccc1)NC(=O)c1ccc(C(F)(F)F)[nH]c1=O. The van der Waals surface area contributed by atoms with Gasteiger partial charge < -0.3 is 15.4 Å². The molecule has 0 saturated carbocycles. The van der Waals surface area contributed by atoms with Gasteiger partial charge in [0.05, 0.1) is 0 Å². The van der Waals surface area contributed by atoms with Gasteiger partial charge in [0.2, 0.25) is 0 Å². The van der Waals surface area contributed by atoms with E-state index in [1.54, 1.807) is 35.3 Å². The molecule has 0 fully saturated rings. The highest BCUT2D eigenvalue weighted by Crippen LogP contribution is 2.26. The van der Waals surface area contributed by atoms with Crippen LogP contribution in [0, 0.1) is 0 Å². The summed E-state index contributed by atoms with van der Waals surface area (Å²) in [7, 11) is 0. The Labute approximate surface area is 152 Å². The van der Waals surface area contributed by atoms with E-state index >= 15 is 0 Å². The lowest BCUT2D eigenvalue weighted by Gasteiger charge is -2.18.